The molecule has 14 heteroatoms. The van der Waals surface area contributed by atoms with Crippen LogP contribution in [0.2, 0.25) is 0 Å². The highest BCUT2D eigenvalue weighted by Crippen LogP contribution is 2.32. The van der Waals surface area contributed by atoms with Crippen LogP contribution in [0.25, 0.3) is 0 Å². The summed E-state index contributed by atoms with van der Waals surface area (Å²) in [7, 11) is -3.90. The Morgan fingerprint density at radius 1 is 1.06 bits per heavy atom. The molecule has 1 fully saturated rings. The van der Waals surface area contributed by atoms with Gasteiger partial charge in [-0.3, -0.25) is 25.0 Å². The summed E-state index contributed by atoms with van der Waals surface area (Å²) in [6, 6.07) is 5.58. The van der Waals surface area contributed by atoms with Crippen molar-refractivity contribution in [1.29, 1.82) is 0 Å². The van der Waals surface area contributed by atoms with E-state index in [-0.39, 0.29) is 16.3 Å². The number of benzene rings is 2. The van der Waals surface area contributed by atoms with Gasteiger partial charge in [-0.2, -0.15) is 4.31 Å². The van der Waals surface area contributed by atoms with E-state index in [2.05, 4.69) is 5.32 Å². The molecule has 0 aromatic heterocycles. The van der Waals surface area contributed by atoms with E-state index in [4.69, 9.17) is 4.74 Å². The summed E-state index contributed by atoms with van der Waals surface area (Å²) in [5, 5.41) is 24.6. The summed E-state index contributed by atoms with van der Waals surface area (Å²) in [5.41, 5.74) is -1.63. The molecule has 1 N–H and O–H groups in total. The topological polar surface area (TPSA) is 162 Å². The number of nitrogens with one attached hydrogen (secondary N) is 1. The smallest absolute Gasteiger partial charge is 0.312 e. The molecule has 32 heavy (non-hydrogen) atoms. The fourth-order valence-corrected chi connectivity index (χ4v) is 4.63. The maximum Gasteiger partial charge on any atom is 0.312 e. The van der Waals surface area contributed by atoms with Crippen LogP contribution in [0.1, 0.15) is 12.8 Å². The van der Waals surface area contributed by atoms with Crippen LogP contribution in [0, 0.1) is 26.0 Å². The standard InChI is InChI=1S/C18H17FN4O8S/c19-12-3-5-14(15(9-12)22(25)26)20-18(24)11-31-17-6-4-13(10-16(17)23(27)28)32(29,30)21-7-1-2-8-21/h3-6,9-10H,1-2,7-8,11H2,(H,20,24). The molecule has 0 aliphatic carbocycles. The first-order valence-corrected chi connectivity index (χ1v) is 10.7. The Labute approximate surface area is 180 Å². The number of nitrogens with zero attached hydrogens (tertiary/aromatic N) is 3. The lowest BCUT2D eigenvalue weighted by Crippen LogP contribution is -2.28. The number of hydrogen-bond donors (Lipinski definition) is 1. The average Bonchev–Trinajstić information content (AvgIpc) is 3.29. The first kappa shape index (κ1) is 23.0. The summed E-state index contributed by atoms with van der Waals surface area (Å²) < 4.78 is 44.8. The van der Waals surface area contributed by atoms with Crippen molar-refractivity contribution in [1.82, 2.24) is 4.31 Å². The van der Waals surface area contributed by atoms with Crippen molar-refractivity contribution >= 4 is 33.0 Å². The third-order valence-electron chi connectivity index (χ3n) is 4.62. The molecule has 3 rings (SSSR count). The zero-order valence-electron chi connectivity index (χ0n) is 16.4. The van der Waals surface area contributed by atoms with Crippen LogP contribution in [0.3, 0.4) is 0 Å². The number of anilines is 1. The van der Waals surface area contributed by atoms with Gasteiger partial charge in [0, 0.05) is 19.2 Å². The molecule has 1 aliphatic rings. The van der Waals surface area contributed by atoms with Gasteiger partial charge in [-0.25, -0.2) is 12.8 Å². The summed E-state index contributed by atoms with van der Waals surface area (Å²) in [5.74, 6) is -2.13. The predicted octanol–water partition coefficient (Wildman–Crippen LogP) is 2.44. The van der Waals surface area contributed by atoms with E-state index < -0.39 is 49.6 Å². The largest absolute Gasteiger partial charge is 0.477 e. The second-order valence-electron chi connectivity index (χ2n) is 6.75. The predicted molar refractivity (Wildman–Crippen MR) is 108 cm³/mol. The second-order valence-corrected chi connectivity index (χ2v) is 8.69. The highest BCUT2D eigenvalue weighted by molar-refractivity contribution is 7.89. The molecule has 0 bridgehead atoms. The number of rotatable bonds is 8. The zero-order chi connectivity index (χ0) is 23.5. The van der Waals surface area contributed by atoms with Crippen molar-refractivity contribution in [2.24, 2.45) is 0 Å². The van der Waals surface area contributed by atoms with E-state index in [0.29, 0.717) is 32.0 Å². The third kappa shape index (κ3) is 4.97. The number of ether oxygens (including phenoxy) is 1. The second kappa shape index (κ2) is 9.23. The van der Waals surface area contributed by atoms with Crippen molar-refractivity contribution in [2.45, 2.75) is 17.7 Å². The van der Waals surface area contributed by atoms with Gasteiger partial charge in [0.15, 0.2) is 12.4 Å². The molecule has 1 saturated heterocycles. The first-order chi connectivity index (χ1) is 15.1. The van der Waals surface area contributed by atoms with Gasteiger partial charge in [-0.05, 0) is 37.1 Å². The van der Waals surface area contributed by atoms with Crippen LogP contribution in [-0.4, -0.2) is 48.2 Å². The molecule has 12 nitrogen and oxygen atoms in total. The Hall–Kier alpha value is -3.65. The lowest BCUT2D eigenvalue weighted by atomic mass is 10.2. The SMILES string of the molecule is O=C(COc1ccc(S(=O)(=O)N2CCCC2)cc1[N+](=O)[O-])Nc1ccc(F)cc1[N+](=O)[O-]. The molecule has 0 atom stereocenters. The molecule has 2 aromatic carbocycles. The Balaban J connectivity index is 1.76. The van der Waals surface area contributed by atoms with Crippen molar-refractivity contribution in [3.05, 3.63) is 62.4 Å². The minimum absolute atomic E-state index is 0.273. The average molecular weight is 468 g/mol. The molecule has 0 unspecified atom stereocenters. The summed E-state index contributed by atoms with van der Waals surface area (Å²) in [4.78, 5) is 32.5. The van der Waals surface area contributed by atoms with Gasteiger partial charge in [-0.1, -0.05) is 0 Å². The number of carbonyl (C=O) groups is 1. The van der Waals surface area contributed by atoms with Gasteiger partial charge in [-0.15, -0.1) is 0 Å². The summed E-state index contributed by atoms with van der Waals surface area (Å²) in [6.07, 6.45) is 1.40. The van der Waals surface area contributed by atoms with E-state index in [9.17, 15) is 37.8 Å². The van der Waals surface area contributed by atoms with E-state index in [0.717, 1.165) is 30.3 Å². The number of carbonyl (C=O) groups excluding carboxylic acids is 1. The fourth-order valence-electron chi connectivity index (χ4n) is 3.09. The number of hydrogen-bond acceptors (Lipinski definition) is 8. The maximum absolute atomic E-state index is 13.2. The van der Waals surface area contributed by atoms with E-state index >= 15 is 0 Å². The number of sulfonamides is 1. The van der Waals surface area contributed by atoms with E-state index in [1.165, 1.54) is 4.31 Å². The molecule has 2 aromatic rings. The highest BCUT2D eigenvalue weighted by atomic mass is 32.2. The van der Waals surface area contributed by atoms with Crippen molar-refractivity contribution in [3.8, 4) is 5.75 Å². The van der Waals surface area contributed by atoms with Gasteiger partial charge in [0.05, 0.1) is 20.8 Å². The van der Waals surface area contributed by atoms with Crippen LogP contribution < -0.4 is 10.1 Å². The Morgan fingerprint density at radius 3 is 2.34 bits per heavy atom. The fraction of sp³-hybridized carbons (Fsp3) is 0.278. The number of halogens is 1. The van der Waals surface area contributed by atoms with Gasteiger partial charge in [0.1, 0.15) is 11.5 Å². The minimum atomic E-state index is -3.90. The van der Waals surface area contributed by atoms with Crippen LogP contribution >= 0.6 is 0 Å². The molecule has 0 radical (unpaired) electrons. The van der Waals surface area contributed by atoms with Crippen LogP contribution in [0.5, 0.6) is 5.75 Å². The zero-order valence-corrected chi connectivity index (χ0v) is 17.2. The Morgan fingerprint density at radius 2 is 1.72 bits per heavy atom. The maximum atomic E-state index is 13.2. The van der Waals surface area contributed by atoms with Crippen LogP contribution in [0.4, 0.5) is 21.5 Å². The lowest BCUT2D eigenvalue weighted by molar-refractivity contribution is -0.386. The quantitative estimate of drug-likeness (QED) is 0.456. The van der Waals surface area contributed by atoms with E-state index in [1.54, 1.807) is 0 Å². The highest BCUT2D eigenvalue weighted by Gasteiger charge is 2.30. The van der Waals surface area contributed by atoms with Crippen LogP contribution in [0.15, 0.2) is 41.3 Å². The third-order valence-corrected chi connectivity index (χ3v) is 6.51. The molecule has 1 amide bonds. The number of nitro benzene ring substituents is 2. The minimum Gasteiger partial charge on any atom is -0.477 e. The molecule has 1 heterocycles. The molecular formula is C18H17FN4O8S. The normalized spacial score (nSPS) is 14.2. The van der Waals surface area contributed by atoms with Gasteiger partial charge < -0.3 is 10.1 Å². The molecular weight excluding hydrogens is 451 g/mol. The van der Waals surface area contributed by atoms with Gasteiger partial charge in [0.2, 0.25) is 10.0 Å². The number of nitro groups is 2. The number of amides is 1. The molecule has 0 saturated carbocycles. The van der Waals surface area contributed by atoms with Gasteiger partial charge in [0.25, 0.3) is 11.6 Å². The monoisotopic (exact) mass is 468 g/mol. The Bertz CT molecular complexity index is 1180. The van der Waals surface area contributed by atoms with Crippen molar-refractivity contribution < 1.29 is 32.2 Å². The van der Waals surface area contributed by atoms with E-state index in [1.807, 2.05) is 0 Å². The first-order valence-electron chi connectivity index (χ1n) is 9.25. The lowest BCUT2D eigenvalue weighted by Gasteiger charge is -2.16. The van der Waals surface area contributed by atoms with Crippen molar-refractivity contribution in [2.75, 3.05) is 25.0 Å². The molecule has 0 spiro atoms. The van der Waals surface area contributed by atoms with Crippen molar-refractivity contribution in [3.63, 3.8) is 0 Å². The molecule has 1 aliphatic heterocycles. The van der Waals surface area contributed by atoms with Crippen LogP contribution in [-0.2, 0) is 14.8 Å². The summed E-state index contributed by atoms with van der Waals surface area (Å²) in [6.45, 7) is -0.123. The van der Waals surface area contributed by atoms with Gasteiger partial charge >= 0.3 is 5.69 Å². The molecule has 170 valence electrons. The summed E-state index contributed by atoms with van der Waals surface area (Å²) >= 11 is 0. The Kier molecular flexibility index (Phi) is 6.64.